The van der Waals surface area contributed by atoms with Crippen LogP contribution < -0.4 is 21.5 Å². The Kier molecular flexibility index (Phi) is 8.63. The van der Waals surface area contributed by atoms with Crippen molar-refractivity contribution >= 4 is 29.1 Å². The van der Waals surface area contributed by atoms with Gasteiger partial charge in [0.15, 0.2) is 11.7 Å². The van der Waals surface area contributed by atoms with E-state index < -0.39 is 17.4 Å². The average molecular weight is 497 g/mol. The molecule has 1 amide bonds. The number of hydrogen-bond acceptors (Lipinski definition) is 5. The lowest BCUT2D eigenvalue weighted by molar-refractivity contribution is -0.111. The molecular formula is C26H33FN6O3. The normalized spacial score (nSPS) is 12.2. The number of fused-ring (bicyclic) bond motifs is 1. The van der Waals surface area contributed by atoms with Crippen LogP contribution in [0.25, 0.3) is 10.9 Å². The summed E-state index contributed by atoms with van der Waals surface area (Å²) in [5.41, 5.74) is 11.9. The summed E-state index contributed by atoms with van der Waals surface area (Å²) in [6.07, 6.45) is 2.24. The van der Waals surface area contributed by atoms with Crippen LogP contribution in [-0.2, 0) is 11.3 Å². The molecule has 3 aromatic rings. The van der Waals surface area contributed by atoms with Crippen LogP contribution in [0.5, 0.6) is 5.75 Å². The minimum atomic E-state index is -0.688. The molecule has 5 N–H and O–H groups in total. The molecule has 0 radical (unpaired) electrons. The Morgan fingerprint density at radius 3 is 2.56 bits per heavy atom. The molecule has 1 unspecified atom stereocenters. The maximum atomic E-state index is 13.4. The summed E-state index contributed by atoms with van der Waals surface area (Å²) in [7, 11) is 0. The van der Waals surface area contributed by atoms with E-state index in [4.69, 9.17) is 16.2 Å². The van der Waals surface area contributed by atoms with Crippen molar-refractivity contribution in [3.05, 3.63) is 59.5 Å². The second-order valence-electron chi connectivity index (χ2n) is 9.63. The molecule has 36 heavy (non-hydrogen) atoms. The van der Waals surface area contributed by atoms with Crippen molar-refractivity contribution in [1.82, 2.24) is 15.1 Å². The molecule has 1 aromatic heterocycles. The summed E-state index contributed by atoms with van der Waals surface area (Å²) in [5.74, 6) is -0.138. The number of carbonyl (C=O) groups is 2. The van der Waals surface area contributed by atoms with E-state index in [1.54, 1.807) is 22.9 Å². The van der Waals surface area contributed by atoms with Gasteiger partial charge in [0.1, 0.15) is 17.9 Å². The van der Waals surface area contributed by atoms with Gasteiger partial charge in [0, 0.05) is 11.9 Å². The summed E-state index contributed by atoms with van der Waals surface area (Å²) >= 11 is 0. The number of unbranched alkanes of at least 4 members (excludes halogenated alkanes) is 1. The Morgan fingerprint density at radius 2 is 1.92 bits per heavy atom. The van der Waals surface area contributed by atoms with E-state index in [9.17, 15) is 14.0 Å². The Balaban J connectivity index is 1.87. The smallest absolute Gasteiger partial charge is 0.273 e. The Morgan fingerprint density at radius 1 is 1.19 bits per heavy atom. The number of benzene rings is 2. The number of rotatable bonds is 11. The minimum absolute atomic E-state index is 0.0631. The van der Waals surface area contributed by atoms with E-state index in [1.165, 1.54) is 12.1 Å². The van der Waals surface area contributed by atoms with Gasteiger partial charge in [-0.15, -0.1) is 0 Å². The van der Waals surface area contributed by atoms with Crippen LogP contribution in [0, 0.1) is 11.2 Å². The highest BCUT2D eigenvalue weighted by molar-refractivity contribution is 6.06. The van der Waals surface area contributed by atoms with Gasteiger partial charge in [-0.2, -0.15) is 5.10 Å². The number of hydrogen-bond donors (Lipinski definition) is 3. The fourth-order valence-electron chi connectivity index (χ4n) is 3.58. The van der Waals surface area contributed by atoms with Crippen molar-refractivity contribution < 1.29 is 18.7 Å². The van der Waals surface area contributed by atoms with Gasteiger partial charge in [0.2, 0.25) is 0 Å². The second-order valence-corrected chi connectivity index (χ2v) is 9.63. The maximum absolute atomic E-state index is 13.4. The molecule has 9 nitrogen and oxygen atoms in total. The van der Waals surface area contributed by atoms with Crippen LogP contribution in [0.2, 0.25) is 0 Å². The lowest BCUT2D eigenvalue weighted by atomic mass is 9.87. The number of ether oxygens (including phenoxy) is 1. The molecule has 0 aliphatic heterocycles. The van der Waals surface area contributed by atoms with Crippen molar-refractivity contribution in [2.24, 2.45) is 21.9 Å². The number of nitrogens with zero attached hydrogens (tertiary/aromatic N) is 3. The van der Waals surface area contributed by atoms with Crippen LogP contribution in [0.15, 0.2) is 47.5 Å². The molecule has 0 spiro atoms. The van der Waals surface area contributed by atoms with E-state index in [0.29, 0.717) is 36.3 Å². The highest BCUT2D eigenvalue weighted by Crippen LogP contribution is 2.26. The lowest BCUT2D eigenvalue weighted by Crippen LogP contribution is -2.45. The van der Waals surface area contributed by atoms with Gasteiger partial charge >= 0.3 is 0 Å². The van der Waals surface area contributed by atoms with Crippen LogP contribution >= 0.6 is 0 Å². The van der Waals surface area contributed by atoms with E-state index >= 15 is 0 Å². The van der Waals surface area contributed by atoms with E-state index in [-0.39, 0.29) is 17.5 Å². The van der Waals surface area contributed by atoms with Crippen molar-refractivity contribution in [2.45, 2.75) is 46.2 Å². The molecule has 2 aromatic carbocycles. The summed E-state index contributed by atoms with van der Waals surface area (Å²) < 4.78 is 20.9. The zero-order valence-electron chi connectivity index (χ0n) is 20.8. The SMILES string of the molecule is CC(C)(C)C(C=O)NC(=O)c1nn(Cc2ccc(F)cc2)c2ccc(OCCCCN=C(N)N)cc12. The van der Waals surface area contributed by atoms with Crippen molar-refractivity contribution in [2.75, 3.05) is 13.2 Å². The summed E-state index contributed by atoms with van der Waals surface area (Å²) in [6.45, 7) is 6.93. The summed E-state index contributed by atoms with van der Waals surface area (Å²) in [4.78, 5) is 28.8. The first kappa shape index (κ1) is 26.7. The molecule has 0 saturated carbocycles. The van der Waals surface area contributed by atoms with Gasteiger partial charge in [0.05, 0.1) is 24.7 Å². The molecule has 0 aliphatic rings. The quantitative estimate of drug-likeness (QED) is 0.161. The molecule has 192 valence electrons. The third kappa shape index (κ3) is 7.03. The van der Waals surface area contributed by atoms with Crippen molar-refractivity contribution in [1.29, 1.82) is 0 Å². The number of aldehydes is 1. The molecule has 1 heterocycles. The number of amides is 1. The first-order valence-electron chi connectivity index (χ1n) is 11.8. The third-order valence-electron chi connectivity index (χ3n) is 5.65. The van der Waals surface area contributed by atoms with E-state index in [1.807, 2.05) is 32.9 Å². The maximum Gasteiger partial charge on any atom is 0.273 e. The number of aliphatic imine (C=N–C) groups is 1. The van der Waals surface area contributed by atoms with Crippen LogP contribution in [0.4, 0.5) is 4.39 Å². The Bertz CT molecular complexity index is 1230. The van der Waals surface area contributed by atoms with Gasteiger partial charge in [-0.1, -0.05) is 32.9 Å². The predicted octanol–water partition coefficient (Wildman–Crippen LogP) is 3.00. The number of guanidine groups is 1. The van der Waals surface area contributed by atoms with Gasteiger partial charge in [-0.3, -0.25) is 14.5 Å². The Hall–Kier alpha value is -3.95. The number of nitrogens with two attached hydrogens (primary N) is 2. The molecule has 3 rings (SSSR count). The molecular weight excluding hydrogens is 463 g/mol. The first-order valence-corrected chi connectivity index (χ1v) is 11.8. The van der Waals surface area contributed by atoms with Crippen LogP contribution in [-0.4, -0.2) is 47.1 Å². The monoisotopic (exact) mass is 496 g/mol. The predicted molar refractivity (Wildman–Crippen MR) is 137 cm³/mol. The van der Waals surface area contributed by atoms with Crippen molar-refractivity contribution in [3.8, 4) is 5.75 Å². The molecule has 0 saturated heterocycles. The van der Waals surface area contributed by atoms with Crippen LogP contribution in [0.1, 0.15) is 49.7 Å². The molecule has 0 aliphatic carbocycles. The fourth-order valence-corrected chi connectivity index (χ4v) is 3.58. The van der Waals surface area contributed by atoms with Crippen LogP contribution in [0.3, 0.4) is 0 Å². The third-order valence-corrected chi connectivity index (χ3v) is 5.65. The summed E-state index contributed by atoms with van der Waals surface area (Å²) in [6, 6.07) is 10.8. The fraction of sp³-hybridized carbons (Fsp3) is 0.385. The highest BCUT2D eigenvalue weighted by Gasteiger charge is 2.28. The van der Waals surface area contributed by atoms with Gasteiger partial charge < -0.3 is 26.3 Å². The molecule has 10 heteroatoms. The minimum Gasteiger partial charge on any atom is -0.494 e. The van der Waals surface area contributed by atoms with E-state index in [2.05, 4.69) is 15.4 Å². The molecule has 1 atom stereocenters. The second kappa shape index (κ2) is 11.7. The number of carbonyl (C=O) groups excluding carboxylic acids is 2. The zero-order valence-corrected chi connectivity index (χ0v) is 20.8. The highest BCUT2D eigenvalue weighted by atomic mass is 19.1. The lowest BCUT2D eigenvalue weighted by Gasteiger charge is -2.26. The summed E-state index contributed by atoms with van der Waals surface area (Å²) in [5, 5.41) is 7.93. The molecule has 0 fully saturated rings. The zero-order chi connectivity index (χ0) is 26.3. The standard InChI is InChI=1S/C26H33FN6O3/c1-26(2,3)22(16-34)31-24(35)23-20-14-19(36-13-5-4-12-30-25(28)29)10-11-21(20)33(32-23)15-17-6-8-18(27)9-7-17/h6-11,14,16,22H,4-5,12-13,15H2,1-3H3,(H,31,35)(H4,28,29,30). The Labute approximate surface area is 209 Å². The van der Waals surface area contributed by atoms with E-state index in [0.717, 1.165) is 24.7 Å². The number of halogens is 1. The van der Waals surface area contributed by atoms with Gasteiger partial charge in [-0.25, -0.2) is 4.39 Å². The first-order chi connectivity index (χ1) is 17.1. The number of nitrogens with one attached hydrogen (secondary N) is 1. The van der Waals surface area contributed by atoms with Gasteiger partial charge in [0.25, 0.3) is 5.91 Å². The average Bonchev–Trinajstić information content (AvgIpc) is 3.17. The molecule has 0 bridgehead atoms. The number of aromatic nitrogens is 2. The largest absolute Gasteiger partial charge is 0.494 e. The topological polar surface area (TPSA) is 138 Å². The van der Waals surface area contributed by atoms with Gasteiger partial charge in [-0.05, 0) is 54.2 Å². The van der Waals surface area contributed by atoms with Crippen molar-refractivity contribution in [3.63, 3.8) is 0 Å².